The van der Waals surface area contributed by atoms with Crippen molar-refractivity contribution in [3.8, 4) is 0 Å². The summed E-state index contributed by atoms with van der Waals surface area (Å²) in [4.78, 5) is 37.1. The fourth-order valence-corrected chi connectivity index (χ4v) is 2.62. The molecule has 1 unspecified atom stereocenters. The first-order chi connectivity index (χ1) is 9.69. The Balaban J connectivity index is 2.14. The number of aldehydes is 1. The lowest BCUT2D eigenvalue weighted by atomic mass is 9.85. The molecule has 0 aromatic rings. The molecule has 1 saturated heterocycles. The number of amides is 2. The highest BCUT2D eigenvalue weighted by molar-refractivity contribution is 5.94. The largest absolute Gasteiger partial charge is 0.341 e. The molecule has 0 spiro atoms. The summed E-state index contributed by atoms with van der Waals surface area (Å²) in [5, 5.41) is 2.56. The average Bonchev–Trinajstić information content (AvgIpc) is 2.98. The zero-order valence-electron chi connectivity index (χ0n) is 12.8. The molecule has 0 bridgehead atoms. The summed E-state index contributed by atoms with van der Waals surface area (Å²) in [6.45, 7) is 5.96. The summed E-state index contributed by atoms with van der Waals surface area (Å²) < 4.78 is 13.8. The molecule has 1 aliphatic heterocycles. The van der Waals surface area contributed by atoms with Crippen molar-refractivity contribution in [2.75, 3.05) is 6.54 Å². The fraction of sp³-hybridized carbons (Fsp3) is 0.800. The van der Waals surface area contributed by atoms with Crippen LogP contribution in [-0.2, 0) is 14.4 Å². The van der Waals surface area contributed by atoms with Crippen molar-refractivity contribution >= 4 is 18.1 Å². The van der Waals surface area contributed by atoms with Crippen LogP contribution in [0, 0.1) is 5.41 Å². The summed E-state index contributed by atoms with van der Waals surface area (Å²) in [7, 11) is 0. The van der Waals surface area contributed by atoms with Gasteiger partial charge in [0.05, 0.1) is 6.04 Å². The fourth-order valence-electron chi connectivity index (χ4n) is 2.62. The maximum absolute atomic E-state index is 13.8. The van der Waals surface area contributed by atoms with E-state index in [2.05, 4.69) is 5.32 Å². The van der Waals surface area contributed by atoms with E-state index in [4.69, 9.17) is 0 Å². The van der Waals surface area contributed by atoms with E-state index in [1.165, 1.54) is 4.90 Å². The molecule has 2 atom stereocenters. The molecule has 1 heterocycles. The molecule has 0 aromatic carbocycles. The van der Waals surface area contributed by atoms with Gasteiger partial charge in [-0.3, -0.25) is 9.59 Å². The van der Waals surface area contributed by atoms with E-state index in [1.807, 2.05) is 20.8 Å². The zero-order valence-corrected chi connectivity index (χ0v) is 12.8. The van der Waals surface area contributed by atoms with Crippen LogP contribution in [0.25, 0.3) is 0 Å². The third-order valence-corrected chi connectivity index (χ3v) is 4.22. The predicted molar refractivity (Wildman–Crippen MR) is 75.3 cm³/mol. The summed E-state index contributed by atoms with van der Waals surface area (Å²) in [5.41, 5.74) is -2.35. The second kappa shape index (κ2) is 5.39. The van der Waals surface area contributed by atoms with Gasteiger partial charge in [-0.05, 0) is 31.1 Å². The first-order valence-electron chi connectivity index (χ1n) is 7.45. The van der Waals surface area contributed by atoms with Gasteiger partial charge < -0.3 is 15.0 Å². The van der Waals surface area contributed by atoms with Crippen LogP contribution in [0.1, 0.15) is 46.5 Å². The Morgan fingerprint density at radius 3 is 2.48 bits per heavy atom. The van der Waals surface area contributed by atoms with Gasteiger partial charge in [0.1, 0.15) is 12.3 Å². The van der Waals surface area contributed by atoms with Crippen molar-refractivity contribution in [2.45, 2.75) is 64.2 Å². The molecule has 1 N–H and O–H groups in total. The van der Waals surface area contributed by atoms with Crippen molar-refractivity contribution in [3.05, 3.63) is 0 Å². The SMILES string of the molecule is CC(C)(C)[C@H](NC(=O)C1(F)CC1)C(=O)N1CCCC1C=O. The number of likely N-dealkylation sites (tertiary alicyclic amines) is 1. The van der Waals surface area contributed by atoms with Gasteiger partial charge in [0.15, 0.2) is 5.67 Å². The Bertz CT molecular complexity index is 454. The molecule has 1 saturated carbocycles. The third-order valence-electron chi connectivity index (χ3n) is 4.22. The number of carbonyl (C=O) groups is 3. The lowest BCUT2D eigenvalue weighted by molar-refractivity contribution is -0.142. The van der Waals surface area contributed by atoms with E-state index in [0.29, 0.717) is 13.0 Å². The molecular weight excluding hydrogens is 275 g/mol. The van der Waals surface area contributed by atoms with Gasteiger partial charge in [0.2, 0.25) is 5.91 Å². The van der Waals surface area contributed by atoms with Gasteiger partial charge in [-0.2, -0.15) is 0 Å². The topological polar surface area (TPSA) is 66.5 Å². The Labute approximate surface area is 124 Å². The van der Waals surface area contributed by atoms with Crippen LogP contribution in [0.4, 0.5) is 4.39 Å². The molecular formula is C15H23FN2O3. The van der Waals surface area contributed by atoms with Crippen LogP contribution in [0.2, 0.25) is 0 Å². The van der Waals surface area contributed by atoms with Crippen LogP contribution >= 0.6 is 0 Å². The van der Waals surface area contributed by atoms with Crippen LogP contribution in [0.3, 0.4) is 0 Å². The zero-order chi connectivity index (χ0) is 15.8. The van der Waals surface area contributed by atoms with Crippen molar-refractivity contribution in [1.29, 1.82) is 0 Å². The van der Waals surface area contributed by atoms with Gasteiger partial charge in [0, 0.05) is 6.54 Å². The van der Waals surface area contributed by atoms with E-state index >= 15 is 0 Å². The van der Waals surface area contributed by atoms with Gasteiger partial charge in [-0.15, -0.1) is 0 Å². The second-order valence-corrected chi connectivity index (χ2v) is 7.12. The standard InChI is InChI=1S/C15H23FN2O3/c1-14(2,3)11(17-13(21)15(16)6-7-15)12(20)18-8-4-5-10(18)9-19/h9-11H,4-8H2,1-3H3,(H,17,21)/t10?,11-/m1/s1. The van der Waals surface area contributed by atoms with E-state index in [9.17, 15) is 18.8 Å². The molecule has 5 nitrogen and oxygen atoms in total. The quantitative estimate of drug-likeness (QED) is 0.793. The number of alkyl halides is 1. The van der Waals surface area contributed by atoms with E-state index in [1.54, 1.807) is 0 Å². The van der Waals surface area contributed by atoms with Gasteiger partial charge >= 0.3 is 0 Å². The minimum Gasteiger partial charge on any atom is -0.341 e. The molecule has 0 aromatic heterocycles. The molecule has 0 radical (unpaired) electrons. The highest BCUT2D eigenvalue weighted by Crippen LogP contribution is 2.40. The lowest BCUT2D eigenvalue weighted by Gasteiger charge is -2.35. The number of rotatable bonds is 4. The van der Waals surface area contributed by atoms with Crippen molar-refractivity contribution in [1.82, 2.24) is 10.2 Å². The summed E-state index contributed by atoms with van der Waals surface area (Å²) in [6.07, 6.45) is 2.61. The van der Waals surface area contributed by atoms with E-state index in [-0.39, 0.29) is 18.7 Å². The normalized spacial score (nSPS) is 25.3. The van der Waals surface area contributed by atoms with Gasteiger partial charge in [0.25, 0.3) is 5.91 Å². The molecule has 2 rings (SSSR count). The number of hydrogen-bond donors (Lipinski definition) is 1. The van der Waals surface area contributed by atoms with Gasteiger partial charge in [-0.1, -0.05) is 20.8 Å². The van der Waals surface area contributed by atoms with E-state index in [0.717, 1.165) is 12.7 Å². The maximum Gasteiger partial charge on any atom is 0.258 e. The highest BCUT2D eigenvalue weighted by atomic mass is 19.1. The summed E-state index contributed by atoms with van der Waals surface area (Å²) in [5.74, 6) is -1.01. The minimum absolute atomic E-state index is 0.213. The maximum atomic E-state index is 13.8. The number of carbonyl (C=O) groups excluding carboxylic acids is 3. The third kappa shape index (κ3) is 3.24. The van der Waals surface area contributed by atoms with Crippen LogP contribution in [0.15, 0.2) is 0 Å². The highest BCUT2D eigenvalue weighted by Gasteiger charge is 2.52. The van der Waals surface area contributed by atoms with Gasteiger partial charge in [-0.25, -0.2) is 4.39 Å². The Hall–Kier alpha value is -1.46. The lowest BCUT2D eigenvalue weighted by Crippen LogP contribution is -2.57. The Kier molecular flexibility index (Phi) is 4.08. The monoisotopic (exact) mass is 298 g/mol. The number of nitrogens with zero attached hydrogens (tertiary/aromatic N) is 1. The summed E-state index contributed by atoms with van der Waals surface area (Å²) >= 11 is 0. The molecule has 118 valence electrons. The number of halogens is 1. The summed E-state index contributed by atoms with van der Waals surface area (Å²) in [6, 6.07) is -1.25. The first kappa shape index (κ1) is 15.9. The Morgan fingerprint density at radius 1 is 1.38 bits per heavy atom. The average molecular weight is 298 g/mol. The van der Waals surface area contributed by atoms with Crippen molar-refractivity contribution < 1.29 is 18.8 Å². The van der Waals surface area contributed by atoms with Crippen LogP contribution in [-0.4, -0.2) is 47.3 Å². The van der Waals surface area contributed by atoms with Crippen molar-refractivity contribution in [3.63, 3.8) is 0 Å². The first-order valence-corrected chi connectivity index (χ1v) is 7.45. The molecule has 1 aliphatic carbocycles. The Morgan fingerprint density at radius 2 is 2.00 bits per heavy atom. The molecule has 2 aliphatic rings. The molecule has 21 heavy (non-hydrogen) atoms. The van der Waals surface area contributed by atoms with Crippen LogP contribution in [0.5, 0.6) is 0 Å². The molecule has 6 heteroatoms. The smallest absolute Gasteiger partial charge is 0.258 e. The van der Waals surface area contributed by atoms with Crippen molar-refractivity contribution in [2.24, 2.45) is 5.41 Å². The van der Waals surface area contributed by atoms with Crippen LogP contribution < -0.4 is 5.32 Å². The van der Waals surface area contributed by atoms with E-state index < -0.39 is 29.1 Å². The minimum atomic E-state index is -1.81. The number of hydrogen-bond acceptors (Lipinski definition) is 3. The number of nitrogens with one attached hydrogen (secondary N) is 1. The predicted octanol–water partition coefficient (Wildman–Crippen LogP) is 1.21. The second-order valence-electron chi connectivity index (χ2n) is 7.12. The molecule has 2 fully saturated rings. The molecule has 2 amide bonds.